The van der Waals surface area contributed by atoms with E-state index in [1.165, 1.54) is 16.8 Å². The number of nitrogens with zero attached hydrogens (tertiary/aromatic N) is 4. The van der Waals surface area contributed by atoms with Gasteiger partial charge >= 0.3 is 0 Å². The molecule has 0 amide bonds. The molecule has 1 unspecified atom stereocenters. The van der Waals surface area contributed by atoms with Crippen LogP contribution in [0.2, 0.25) is 0 Å². The summed E-state index contributed by atoms with van der Waals surface area (Å²) in [5.41, 5.74) is 5.79. The molecule has 1 aliphatic carbocycles. The minimum Gasteiger partial charge on any atom is -0.332 e. The van der Waals surface area contributed by atoms with E-state index in [2.05, 4.69) is 58.3 Å². The molecule has 0 fully saturated rings. The van der Waals surface area contributed by atoms with E-state index >= 15 is 0 Å². The van der Waals surface area contributed by atoms with Gasteiger partial charge in [0.1, 0.15) is 0 Å². The van der Waals surface area contributed by atoms with Crippen LogP contribution >= 0.6 is 0 Å². The first-order chi connectivity index (χ1) is 12.7. The molecule has 0 bridgehead atoms. The molecule has 1 atom stereocenters. The van der Waals surface area contributed by atoms with Gasteiger partial charge in [-0.15, -0.1) is 0 Å². The first-order valence-corrected chi connectivity index (χ1v) is 9.40. The van der Waals surface area contributed by atoms with Crippen molar-refractivity contribution in [3.05, 3.63) is 46.9 Å². The molecule has 3 aromatic rings. The molecule has 6 nitrogen and oxygen atoms in total. The number of nitrogens with one attached hydrogen (secondary N) is 1. The quantitative estimate of drug-likeness (QED) is 0.739. The maximum absolute atomic E-state index is 5.54. The molecule has 136 valence electrons. The van der Waals surface area contributed by atoms with E-state index in [-0.39, 0.29) is 0 Å². The van der Waals surface area contributed by atoms with E-state index in [1.54, 1.807) is 0 Å². The third kappa shape index (κ3) is 3.05. The maximum Gasteiger partial charge on any atom is 0.278 e. The Kier molecular flexibility index (Phi) is 4.59. The van der Waals surface area contributed by atoms with Crippen LogP contribution in [0.1, 0.15) is 42.9 Å². The SMILES string of the molecule is CCc1ccc(-n2nc(-c3nc(CC(C)NC)no3)c3c2CCC3)cc1. The second-order valence-electron chi connectivity index (χ2n) is 6.97. The largest absolute Gasteiger partial charge is 0.332 e. The third-order valence-corrected chi connectivity index (χ3v) is 5.17. The zero-order valence-electron chi connectivity index (χ0n) is 15.6. The summed E-state index contributed by atoms with van der Waals surface area (Å²) in [5, 5.41) is 12.2. The van der Waals surface area contributed by atoms with Gasteiger partial charge in [0.15, 0.2) is 11.5 Å². The lowest BCUT2D eigenvalue weighted by molar-refractivity contribution is 0.416. The first-order valence-electron chi connectivity index (χ1n) is 9.40. The lowest BCUT2D eigenvalue weighted by Crippen LogP contribution is -2.24. The van der Waals surface area contributed by atoms with E-state index < -0.39 is 0 Å². The number of hydrogen-bond donors (Lipinski definition) is 1. The minimum atomic E-state index is 0.306. The van der Waals surface area contributed by atoms with E-state index in [4.69, 9.17) is 9.62 Å². The van der Waals surface area contributed by atoms with Crippen LogP contribution in [-0.4, -0.2) is 33.0 Å². The highest BCUT2D eigenvalue weighted by molar-refractivity contribution is 5.58. The average Bonchev–Trinajstić information content (AvgIpc) is 3.38. The number of aromatic nitrogens is 4. The van der Waals surface area contributed by atoms with Crippen LogP contribution in [0.25, 0.3) is 17.3 Å². The van der Waals surface area contributed by atoms with Crippen LogP contribution < -0.4 is 5.32 Å². The van der Waals surface area contributed by atoms with Gasteiger partial charge in [-0.2, -0.15) is 10.1 Å². The number of aryl methyl sites for hydroxylation is 1. The van der Waals surface area contributed by atoms with Gasteiger partial charge in [-0.1, -0.05) is 24.2 Å². The van der Waals surface area contributed by atoms with E-state index in [0.29, 0.717) is 11.9 Å². The van der Waals surface area contributed by atoms with Crippen LogP contribution in [-0.2, 0) is 25.7 Å². The summed E-state index contributed by atoms with van der Waals surface area (Å²) in [7, 11) is 1.93. The van der Waals surface area contributed by atoms with E-state index in [0.717, 1.165) is 49.3 Å². The zero-order chi connectivity index (χ0) is 18.1. The average molecular weight is 351 g/mol. The molecule has 2 heterocycles. The smallest absolute Gasteiger partial charge is 0.278 e. The molecular formula is C20H25N5O. The molecule has 0 aliphatic heterocycles. The van der Waals surface area contributed by atoms with Gasteiger partial charge in [-0.05, 0) is 57.4 Å². The zero-order valence-corrected chi connectivity index (χ0v) is 15.6. The molecular weight excluding hydrogens is 326 g/mol. The van der Waals surface area contributed by atoms with E-state index in [9.17, 15) is 0 Å². The molecule has 0 saturated carbocycles. The predicted molar refractivity (Wildman–Crippen MR) is 100 cm³/mol. The van der Waals surface area contributed by atoms with Crippen molar-refractivity contribution in [3.8, 4) is 17.3 Å². The van der Waals surface area contributed by atoms with Crippen LogP contribution in [0, 0.1) is 0 Å². The highest BCUT2D eigenvalue weighted by Crippen LogP contribution is 2.33. The van der Waals surface area contributed by atoms with Crippen molar-refractivity contribution in [1.82, 2.24) is 25.2 Å². The number of fused-ring (bicyclic) bond motifs is 1. The molecule has 1 aliphatic rings. The second-order valence-corrected chi connectivity index (χ2v) is 6.97. The summed E-state index contributed by atoms with van der Waals surface area (Å²) in [5.74, 6) is 1.25. The highest BCUT2D eigenvalue weighted by atomic mass is 16.5. The second kappa shape index (κ2) is 7.03. The van der Waals surface area contributed by atoms with E-state index in [1.807, 2.05) is 7.05 Å². The van der Waals surface area contributed by atoms with Gasteiger partial charge in [0.05, 0.1) is 5.69 Å². The first kappa shape index (κ1) is 17.0. The molecule has 1 aromatic carbocycles. The van der Waals surface area contributed by atoms with Crippen LogP contribution in [0.5, 0.6) is 0 Å². The van der Waals surface area contributed by atoms with Gasteiger partial charge in [0.25, 0.3) is 5.89 Å². The van der Waals surface area contributed by atoms with Crippen molar-refractivity contribution in [2.75, 3.05) is 7.05 Å². The minimum absolute atomic E-state index is 0.306. The Bertz CT molecular complexity index is 894. The maximum atomic E-state index is 5.54. The topological polar surface area (TPSA) is 68.8 Å². The molecule has 26 heavy (non-hydrogen) atoms. The Morgan fingerprint density at radius 2 is 2.04 bits per heavy atom. The van der Waals surface area contributed by atoms with Gasteiger partial charge in [-0.25, -0.2) is 4.68 Å². The number of likely N-dealkylation sites (N-methyl/N-ethyl adjacent to an activating group) is 1. The van der Waals surface area contributed by atoms with Gasteiger partial charge in [0, 0.05) is 23.7 Å². The molecule has 2 aromatic heterocycles. The Labute approximate surface area is 153 Å². The van der Waals surface area contributed by atoms with Crippen LogP contribution in [0.4, 0.5) is 0 Å². The summed E-state index contributed by atoms with van der Waals surface area (Å²) in [6.07, 6.45) is 4.98. The molecule has 4 rings (SSSR count). The fraction of sp³-hybridized carbons (Fsp3) is 0.450. The van der Waals surface area contributed by atoms with Crippen molar-refractivity contribution in [1.29, 1.82) is 0 Å². The predicted octanol–water partition coefficient (Wildman–Crippen LogP) is 3.12. The Morgan fingerprint density at radius 1 is 1.23 bits per heavy atom. The van der Waals surface area contributed by atoms with Crippen molar-refractivity contribution in [3.63, 3.8) is 0 Å². The van der Waals surface area contributed by atoms with Crippen molar-refractivity contribution >= 4 is 0 Å². The third-order valence-electron chi connectivity index (χ3n) is 5.17. The monoisotopic (exact) mass is 351 g/mol. The Balaban J connectivity index is 1.70. The fourth-order valence-electron chi connectivity index (χ4n) is 3.50. The highest BCUT2D eigenvalue weighted by Gasteiger charge is 2.27. The molecule has 0 saturated heterocycles. The number of benzene rings is 1. The number of hydrogen-bond acceptors (Lipinski definition) is 5. The van der Waals surface area contributed by atoms with Crippen LogP contribution in [0.15, 0.2) is 28.8 Å². The molecule has 1 N–H and O–H groups in total. The molecule has 6 heteroatoms. The lowest BCUT2D eigenvalue weighted by atomic mass is 10.1. The molecule has 0 spiro atoms. The normalized spacial score (nSPS) is 14.6. The van der Waals surface area contributed by atoms with Gasteiger partial charge in [-0.3, -0.25) is 0 Å². The molecule has 0 radical (unpaired) electrons. The van der Waals surface area contributed by atoms with Crippen molar-refractivity contribution in [2.24, 2.45) is 0 Å². The summed E-state index contributed by atoms with van der Waals surface area (Å²) in [4.78, 5) is 4.59. The standard InChI is InChI=1S/C20H25N5O/c1-4-14-8-10-15(11-9-14)25-17-7-5-6-16(17)19(23-25)20-22-18(24-26-20)12-13(2)21-3/h8-11,13,21H,4-7,12H2,1-3H3. The Morgan fingerprint density at radius 3 is 2.77 bits per heavy atom. The van der Waals surface area contributed by atoms with Crippen molar-refractivity contribution < 1.29 is 4.52 Å². The Hall–Kier alpha value is -2.47. The lowest BCUT2D eigenvalue weighted by Gasteiger charge is -2.06. The van der Waals surface area contributed by atoms with Gasteiger partial charge in [0.2, 0.25) is 0 Å². The summed E-state index contributed by atoms with van der Waals surface area (Å²) in [6, 6.07) is 8.93. The van der Waals surface area contributed by atoms with Crippen molar-refractivity contribution in [2.45, 2.75) is 52.0 Å². The number of rotatable bonds is 6. The fourth-order valence-corrected chi connectivity index (χ4v) is 3.50. The van der Waals surface area contributed by atoms with Gasteiger partial charge < -0.3 is 9.84 Å². The van der Waals surface area contributed by atoms with Crippen LogP contribution in [0.3, 0.4) is 0 Å². The summed E-state index contributed by atoms with van der Waals surface area (Å²) in [6.45, 7) is 4.27. The summed E-state index contributed by atoms with van der Waals surface area (Å²) < 4.78 is 7.60. The summed E-state index contributed by atoms with van der Waals surface area (Å²) >= 11 is 0.